The molecule has 8 nitrogen and oxygen atoms in total. The number of amides is 2. The largest absolute Gasteiger partial charge is 0.322 e. The second kappa shape index (κ2) is 8.52. The highest BCUT2D eigenvalue weighted by Gasteiger charge is 2.10. The van der Waals surface area contributed by atoms with E-state index in [-0.39, 0.29) is 22.7 Å². The van der Waals surface area contributed by atoms with Crippen LogP contribution in [0.5, 0.6) is 0 Å². The first-order chi connectivity index (χ1) is 12.8. The van der Waals surface area contributed by atoms with Gasteiger partial charge in [-0.1, -0.05) is 6.07 Å². The van der Waals surface area contributed by atoms with Gasteiger partial charge in [0.25, 0.3) is 11.6 Å². The van der Waals surface area contributed by atoms with E-state index < -0.39 is 16.7 Å². The number of hydrogen-bond donors (Lipinski definition) is 2. The summed E-state index contributed by atoms with van der Waals surface area (Å²) in [6.45, 7) is 2.91. The SMILES string of the molecule is CC(=O)c1ccc(NC(=O)/C(C)=C\C(=O)Nc2cccc([N+](=O)[O-])c2)cc1. The van der Waals surface area contributed by atoms with Crippen molar-refractivity contribution in [3.05, 3.63) is 75.9 Å². The van der Waals surface area contributed by atoms with E-state index in [0.29, 0.717) is 11.3 Å². The summed E-state index contributed by atoms with van der Waals surface area (Å²) >= 11 is 0. The number of hydrogen-bond acceptors (Lipinski definition) is 5. The zero-order chi connectivity index (χ0) is 20.0. The van der Waals surface area contributed by atoms with Crippen molar-refractivity contribution >= 4 is 34.7 Å². The number of benzene rings is 2. The Morgan fingerprint density at radius 1 is 0.963 bits per heavy atom. The third-order valence-electron chi connectivity index (χ3n) is 3.58. The van der Waals surface area contributed by atoms with Gasteiger partial charge in [0.1, 0.15) is 0 Å². The van der Waals surface area contributed by atoms with Crippen LogP contribution in [0.15, 0.2) is 60.2 Å². The van der Waals surface area contributed by atoms with E-state index in [2.05, 4.69) is 10.6 Å². The molecule has 0 saturated heterocycles. The Bertz CT molecular complexity index is 933. The topological polar surface area (TPSA) is 118 Å². The molecular formula is C19H17N3O5. The van der Waals surface area contributed by atoms with Crippen LogP contribution in [0.2, 0.25) is 0 Å². The zero-order valence-corrected chi connectivity index (χ0v) is 14.7. The van der Waals surface area contributed by atoms with Gasteiger partial charge in [0, 0.05) is 40.7 Å². The number of anilines is 2. The zero-order valence-electron chi connectivity index (χ0n) is 14.7. The van der Waals surface area contributed by atoms with Crippen molar-refractivity contribution in [2.45, 2.75) is 13.8 Å². The highest BCUT2D eigenvalue weighted by Crippen LogP contribution is 2.17. The molecule has 0 heterocycles. The Morgan fingerprint density at radius 3 is 2.22 bits per heavy atom. The van der Waals surface area contributed by atoms with Crippen LogP contribution in [0, 0.1) is 10.1 Å². The molecular weight excluding hydrogens is 350 g/mol. The number of Topliss-reactive ketones (excluding diaryl/α,β-unsaturated/α-hetero) is 1. The first kappa shape index (κ1) is 19.5. The van der Waals surface area contributed by atoms with E-state index in [1.54, 1.807) is 24.3 Å². The second-order valence-corrected chi connectivity index (χ2v) is 5.71. The van der Waals surface area contributed by atoms with Gasteiger partial charge in [-0.2, -0.15) is 0 Å². The molecule has 2 amide bonds. The first-order valence-electron chi connectivity index (χ1n) is 7.92. The van der Waals surface area contributed by atoms with Crippen molar-refractivity contribution in [3.8, 4) is 0 Å². The lowest BCUT2D eigenvalue weighted by molar-refractivity contribution is -0.384. The van der Waals surface area contributed by atoms with Gasteiger partial charge >= 0.3 is 0 Å². The molecule has 27 heavy (non-hydrogen) atoms. The van der Waals surface area contributed by atoms with E-state index in [1.807, 2.05) is 0 Å². The second-order valence-electron chi connectivity index (χ2n) is 5.71. The van der Waals surface area contributed by atoms with Gasteiger partial charge < -0.3 is 10.6 Å². The van der Waals surface area contributed by atoms with Crippen LogP contribution in [0.1, 0.15) is 24.2 Å². The van der Waals surface area contributed by atoms with Crippen molar-refractivity contribution in [1.82, 2.24) is 0 Å². The van der Waals surface area contributed by atoms with Gasteiger partial charge in [-0.25, -0.2) is 0 Å². The standard InChI is InChI=1S/C19H17N3O5/c1-12(19(25)21-15-8-6-14(7-9-15)13(2)23)10-18(24)20-16-4-3-5-17(11-16)22(26)27/h3-11H,1-2H3,(H,20,24)(H,21,25)/b12-10-. The third-order valence-corrected chi connectivity index (χ3v) is 3.58. The maximum absolute atomic E-state index is 12.1. The Labute approximate surface area is 155 Å². The number of nitrogens with zero attached hydrogens (tertiary/aromatic N) is 1. The molecule has 138 valence electrons. The molecule has 0 atom stereocenters. The molecule has 0 spiro atoms. The minimum absolute atomic E-state index is 0.0817. The summed E-state index contributed by atoms with van der Waals surface area (Å²) in [7, 11) is 0. The molecule has 0 unspecified atom stereocenters. The number of nitrogens with one attached hydrogen (secondary N) is 2. The molecule has 0 fully saturated rings. The number of ketones is 1. The molecule has 0 aliphatic heterocycles. The lowest BCUT2D eigenvalue weighted by Gasteiger charge is -2.07. The Hall–Kier alpha value is -3.81. The fraction of sp³-hybridized carbons (Fsp3) is 0.105. The van der Waals surface area contributed by atoms with Crippen LogP contribution in [0.3, 0.4) is 0 Å². The quantitative estimate of drug-likeness (QED) is 0.351. The number of nitro groups is 1. The Morgan fingerprint density at radius 2 is 1.63 bits per heavy atom. The van der Waals surface area contributed by atoms with Crippen molar-refractivity contribution in [2.75, 3.05) is 10.6 Å². The van der Waals surface area contributed by atoms with Gasteiger partial charge in [0.15, 0.2) is 5.78 Å². The molecule has 2 aromatic rings. The highest BCUT2D eigenvalue weighted by atomic mass is 16.6. The summed E-state index contributed by atoms with van der Waals surface area (Å²) in [6.07, 6.45) is 1.10. The summed E-state index contributed by atoms with van der Waals surface area (Å²) in [5, 5.41) is 15.8. The number of rotatable bonds is 6. The van der Waals surface area contributed by atoms with Crippen LogP contribution in [0.25, 0.3) is 0 Å². The Balaban J connectivity index is 2.01. The van der Waals surface area contributed by atoms with Crippen LogP contribution in [-0.2, 0) is 9.59 Å². The predicted molar refractivity (Wildman–Crippen MR) is 101 cm³/mol. The molecule has 0 aromatic heterocycles. The molecule has 8 heteroatoms. The molecule has 2 rings (SSSR count). The first-order valence-corrected chi connectivity index (χ1v) is 7.92. The van der Waals surface area contributed by atoms with E-state index in [1.165, 1.54) is 38.1 Å². The van der Waals surface area contributed by atoms with Gasteiger partial charge in [-0.15, -0.1) is 0 Å². The van der Waals surface area contributed by atoms with Crippen LogP contribution in [-0.4, -0.2) is 22.5 Å². The normalized spacial score (nSPS) is 10.8. The van der Waals surface area contributed by atoms with E-state index in [0.717, 1.165) is 6.08 Å². The lowest BCUT2D eigenvalue weighted by Crippen LogP contribution is -2.16. The molecule has 2 N–H and O–H groups in total. The number of non-ortho nitro benzene ring substituents is 1. The summed E-state index contributed by atoms with van der Waals surface area (Å²) in [6, 6.07) is 11.8. The minimum atomic E-state index is -0.588. The van der Waals surface area contributed by atoms with Crippen molar-refractivity contribution < 1.29 is 19.3 Å². The van der Waals surface area contributed by atoms with Gasteiger partial charge in [0.2, 0.25) is 5.91 Å². The molecule has 0 aliphatic rings. The molecule has 2 aromatic carbocycles. The maximum atomic E-state index is 12.1. The fourth-order valence-corrected chi connectivity index (χ4v) is 2.16. The van der Waals surface area contributed by atoms with E-state index in [4.69, 9.17) is 0 Å². The maximum Gasteiger partial charge on any atom is 0.271 e. The molecule has 0 bridgehead atoms. The number of carbonyl (C=O) groups is 3. The van der Waals surface area contributed by atoms with Crippen LogP contribution >= 0.6 is 0 Å². The third kappa shape index (κ3) is 5.60. The molecule has 0 saturated carbocycles. The van der Waals surface area contributed by atoms with E-state index in [9.17, 15) is 24.5 Å². The smallest absolute Gasteiger partial charge is 0.271 e. The number of nitro benzene ring substituents is 1. The van der Waals surface area contributed by atoms with E-state index >= 15 is 0 Å². The minimum Gasteiger partial charge on any atom is -0.322 e. The monoisotopic (exact) mass is 367 g/mol. The average molecular weight is 367 g/mol. The Kier molecular flexibility index (Phi) is 6.16. The number of carbonyl (C=O) groups excluding carboxylic acids is 3. The van der Waals surface area contributed by atoms with Crippen LogP contribution < -0.4 is 10.6 Å². The van der Waals surface area contributed by atoms with Crippen molar-refractivity contribution in [1.29, 1.82) is 0 Å². The predicted octanol–water partition coefficient (Wildman–Crippen LogP) is 3.32. The van der Waals surface area contributed by atoms with Gasteiger partial charge in [-0.3, -0.25) is 24.5 Å². The molecule has 0 radical (unpaired) electrons. The van der Waals surface area contributed by atoms with Gasteiger partial charge in [0.05, 0.1) is 4.92 Å². The summed E-state index contributed by atoms with van der Waals surface area (Å²) < 4.78 is 0. The average Bonchev–Trinajstić information content (AvgIpc) is 2.62. The van der Waals surface area contributed by atoms with Crippen LogP contribution in [0.4, 0.5) is 17.1 Å². The highest BCUT2D eigenvalue weighted by molar-refractivity contribution is 6.10. The van der Waals surface area contributed by atoms with Crippen molar-refractivity contribution in [3.63, 3.8) is 0 Å². The molecule has 0 aliphatic carbocycles. The lowest BCUT2D eigenvalue weighted by atomic mass is 10.1. The van der Waals surface area contributed by atoms with Gasteiger partial charge in [-0.05, 0) is 44.2 Å². The fourth-order valence-electron chi connectivity index (χ4n) is 2.16. The van der Waals surface area contributed by atoms with Crippen molar-refractivity contribution in [2.24, 2.45) is 0 Å². The summed E-state index contributed by atoms with van der Waals surface area (Å²) in [5.41, 5.74) is 1.25. The summed E-state index contributed by atoms with van der Waals surface area (Å²) in [5.74, 6) is -1.16. The summed E-state index contributed by atoms with van der Waals surface area (Å²) in [4.78, 5) is 45.6.